The summed E-state index contributed by atoms with van der Waals surface area (Å²) in [6, 6.07) is 0. The number of aromatic nitrogens is 2. The maximum Gasteiger partial charge on any atom is 0.315 e. The molecule has 0 aliphatic carbocycles. The highest BCUT2D eigenvalue weighted by atomic mass is 16.5. The van der Waals surface area contributed by atoms with Gasteiger partial charge in [0.25, 0.3) is 0 Å². The summed E-state index contributed by atoms with van der Waals surface area (Å²) in [7, 11) is 1.55. The van der Waals surface area contributed by atoms with Gasteiger partial charge in [-0.15, -0.1) is 0 Å². The second-order valence-corrected chi connectivity index (χ2v) is 2.47. The van der Waals surface area contributed by atoms with E-state index >= 15 is 0 Å². The normalized spacial score (nSPS) is 10.1. The molecule has 0 saturated carbocycles. The van der Waals surface area contributed by atoms with Crippen molar-refractivity contribution < 1.29 is 14.1 Å². The number of nitrogens with zero attached hydrogens (tertiary/aromatic N) is 2. The van der Waals surface area contributed by atoms with E-state index in [9.17, 15) is 4.79 Å². The van der Waals surface area contributed by atoms with Crippen molar-refractivity contribution in [3.8, 4) is 0 Å². The predicted octanol–water partition coefficient (Wildman–Crippen LogP) is -1.10. The van der Waals surface area contributed by atoms with Crippen molar-refractivity contribution in [2.24, 2.45) is 5.73 Å². The van der Waals surface area contributed by atoms with Crippen LogP contribution >= 0.6 is 0 Å². The number of rotatable bonds is 5. The maximum absolute atomic E-state index is 11.2. The largest absolute Gasteiger partial charge is 0.383 e. The molecule has 7 heteroatoms. The van der Waals surface area contributed by atoms with E-state index in [1.807, 2.05) is 0 Å². The van der Waals surface area contributed by atoms with Crippen molar-refractivity contribution >= 4 is 5.91 Å². The number of carbonyl (C=O) groups is 1. The second kappa shape index (κ2) is 5.30. The number of hydrogen-bond acceptors (Lipinski definition) is 6. The Morgan fingerprint density at radius 3 is 3.07 bits per heavy atom. The van der Waals surface area contributed by atoms with Crippen LogP contribution in [0.25, 0.3) is 0 Å². The number of hydrogen-bond donors (Lipinski definition) is 2. The molecule has 0 fully saturated rings. The first-order valence-electron chi connectivity index (χ1n) is 4.07. The molecule has 1 aromatic heterocycles. The molecular weight excluding hydrogens is 188 g/mol. The average Bonchev–Trinajstić information content (AvgIpc) is 2.66. The first-order valence-corrected chi connectivity index (χ1v) is 4.07. The van der Waals surface area contributed by atoms with E-state index in [-0.39, 0.29) is 12.4 Å². The highest BCUT2D eigenvalue weighted by Gasteiger charge is 2.13. The van der Waals surface area contributed by atoms with Crippen molar-refractivity contribution in [2.75, 3.05) is 20.3 Å². The molecule has 0 radical (unpaired) electrons. The summed E-state index contributed by atoms with van der Waals surface area (Å²) in [5.74, 6) is -0.197. The third-order valence-corrected chi connectivity index (χ3v) is 1.44. The number of amides is 1. The molecule has 0 aliphatic heterocycles. The van der Waals surface area contributed by atoms with Crippen LogP contribution in [0.15, 0.2) is 4.52 Å². The van der Waals surface area contributed by atoms with Gasteiger partial charge in [-0.3, -0.25) is 4.79 Å². The van der Waals surface area contributed by atoms with Gasteiger partial charge in [0, 0.05) is 13.7 Å². The van der Waals surface area contributed by atoms with Gasteiger partial charge in [-0.2, -0.15) is 4.98 Å². The molecule has 0 saturated heterocycles. The Hall–Kier alpha value is -1.47. The third-order valence-electron chi connectivity index (χ3n) is 1.44. The van der Waals surface area contributed by atoms with E-state index < -0.39 is 5.91 Å². The summed E-state index contributed by atoms with van der Waals surface area (Å²) < 4.78 is 9.41. The molecule has 1 rings (SSSR count). The van der Waals surface area contributed by atoms with Crippen LogP contribution in [0.5, 0.6) is 0 Å². The number of nitrogens with one attached hydrogen (secondary N) is 1. The highest BCUT2D eigenvalue weighted by Crippen LogP contribution is 1.95. The quantitative estimate of drug-likeness (QED) is 0.585. The van der Waals surface area contributed by atoms with E-state index in [2.05, 4.69) is 20.0 Å². The lowest BCUT2D eigenvalue weighted by Gasteiger charge is -1.99. The van der Waals surface area contributed by atoms with Gasteiger partial charge in [-0.25, -0.2) is 0 Å². The Kier molecular flexibility index (Phi) is 4.02. The first-order chi connectivity index (χ1) is 6.77. The Bertz CT molecular complexity index is 299. The minimum atomic E-state index is -0.422. The lowest BCUT2D eigenvalue weighted by atomic mass is 10.5. The summed E-state index contributed by atoms with van der Waals surface area (Å²) in [5, 5.41) is 6.02. The Morgan fingerprint density at radius 1 is 1.71 bits per heavy atom. The molecule has 1 aromatic rings. The standard InChI is InChI=1S/C7H12N4O3/c1-13-3-2-9-6(12)7-10-5(4-8)11-14-7/h2-4,8H2,1H3,(H,9,12). The fourth-order valence-electron chi connectivity index (χ4n) is 0.771. The van der Waals surface area contributed by atoms with Gasteiger partial charge < -0.3 is 20.3 Å². The van der Waals surface area contributed by atoms with Crippen molar-refractivity contribution in [1.29, 1.82) is 0 Å². The minimum absolute atomic E-state index is 0.0819. The van der Waals surface area contributed by atoms with Crippen molar-refractivity contribution in [2.45, 2.75) is 6.54 Å². The number of ether oxygens (including phenoxy) is 1. The zero-order chi connectivity index (χ0) is 10.4. The number of methoxy groups -OCH3 is 1. The summed E-state index contributed by atoms with van der Waals surface area (Å²) in [4.78, 5) is 15.0. The number of nitrogens with two attached hydrogens (primary N) is 1. The Labute approximate surface area is 80.6 Å². The van der Waals surface area contributed by atoms with Crippen LogP contribution in [0.2, 0.25) is 0 Å². The molecule has 14 heavy (non-hydrogen) atoms. The van der Waals surface area contributed by atoms with E-state index in [1.54, 1.807) is 7.11 Å². The van der Waals surface area contributed by atoms with Gasteiger partial charge in [0.15, 0.2) is 5.82 Å². The lowest BCUT2D eigenvalue weighted by molar-refractivity contribution is 0.0893. The molecule has 78 valence electrons. The summed E-state index contributed by atoms with van der Waals surface area (Å²) in [6.07, 6.45) is 0. The molecule has 3 N–H and O–H groups in total. The van der Waals surface area contributed by atoms with Crippen LogP contribution in [0.1, 0.15) is 16.5 Å². The fourth-order valence-corrected chi connectivity index (χ4v) is 0.771. The second-order valence-electron chi connectivity index (χ2n) is 2.47. The first kappa shape index (κ1) is 10.6. The van der Waals surface area contributed by atoms with Gasteiger partial charge >= 0.3 is 11.8 Å². The van der Waals surface area contributed by atoms with Gasteiger partial charge in [0.1, 0.15) is 0 Å². The minimum Gasteiger partial charge on any atom is -0.383 e. The predicted molar refractivity (Wildman–Crippen MR) is 46.4 cm³/mol. The number of carbonyl (C=O) groups excluding carboxylic acids is 1. The maximum atomic E-state index is 11.2. The zero-order valence-corrected chi connectivity index (χ0v) is 7.82. The fraction of sp³-hybridized carbons (Fsp3) is 0.571. The SMILES string of the molecule is COCCNC(=O)c1nc(CN)no1. The third kappa shape index (κ3) is 2.79. The van der Waals surface area contributed by atoms with E-state index in [0.717, 1.165) is 0 Å². The molecule has 0 aromatic carbocycles. The van der Waals surface area contributed by atoms with Gasteiger partial charge in [0.2, 0.25) is 0 Å². The molecule has 0 bridgehead atoms. The van der Waals surface area contributed by atoms with Crippen LogP contribution in [-0.2, 0) is 11.3 Å². The highest BCUT2D eigenvalue weighted by molar-refractivity contribution is 5.89. The average molecular weight is 200 g/mol. The summed E-state index contributed by atoms with van der Waals surface area (Å²) in [5.41, 5.74) is 5.25. The molecule has 0 atom stereocenters. The molecule has 1 amide bonds. The summed E-state index contributed by atoms with van der Waals surface area (Å²) >= 11 is 0. The van der Waals surface area contributed by atoms with Crippen molar-refractivity contribution in [3.05, 3.63) is 11.7 Å². The van der Waals surface area contributed by atoms with E-state index in [4.69, 9.17) is 10.5 Å². The Balaban J connectivity index is 2.44. The van der Waals surface area contributed by atoms with E-state index in [1.165, 1.54) is 0 Å². The lowest BCUT2D eigenvalue weighted by Crippen LogP contribution is -2.27. The molecule has 1 heterocycles. The molecule has 7 nitrogen and oxygen atoms in total. The van der Waals surface area contributed by atoms with Crippen LogP contribution in [0.3, 0.4) is 0 Å². The molecule has 0 aliphatic rings. The van der Waals surface area contributed by atoms with Crippen LogP contribution in [0, 0.1) is 0 Å². The van der Waals surface area contributed by atoms with Crippen molar-refractivity contribution in [3.63, 3.8) is 0 Å². The monoisotopic (exact) mass is 200 g/mol. The van der Waals surface area contributed by atoms with E-state index in [0.29, 0.717) is 19.0 Å². The zero-order valence-electron chi connectivity index (χ0n) is 7.82. The smallest absolute Gasteiger partial charge is 0.315 e. The molecular formula is C7H12N4O3. The van der Waals surface area contributed by atoms with Gasteiger partial charge in [0.05, 0.1) is 13.2 Å². The van der Waals surface area contributed by atoms with Crippen LogP contribution in [0.4, 0.5) is 0 Å². The van der Waals surface area contributed by atoms with Crippen molar-refractivity contribution in [1.82, 2.24) is 15.5 Å². The summed E-state index contributed by atoms with van der Waals surface area (Å²) in [6.45, 7) is 0.980. The van der Waals surface area contributed by atoms with Crippen LogP contribution in [-0.4, -0.2) is 36.3 Å². The molecule has 0 unspecified atom stereocenters. The van der Waals surface area contributed by atoms with Gasteiger partial charge in [-0.05, 0) is 0 Å². The topological polar surface area (TPSA) is 103 Å². The molecule has 0 spiro atoms. The Morgan fingerprint density at radius 2 is 2.50 bits per heavy atom. The van der Waals surface area contributed by atoms with Crippen LogP contribution < -0.4 is 11.1 Å². The van der Waals surface area contributed by atoms with Gasteiger partial charge in [-0.1, -0.05) is 5.16 Å².